The quantitative estimate of drug-likeness (QED) is 0.124. The first kappa shape index (κ1) is 27.9. The normalized spacial score (nSPS) is 11.9. The van der Waals surface area contributed by atoms with Crippen molar-refractivity contribution >= 4 is 5.97 Å². The van der Waals surface area contributed by atoms with Crippen LogP contribution in [0.15, 0.2) is 48.5 Å². The van der Waals surface area contributed by atoms with Gasteiger partial charge in [-0.25, -0.2) is 4.39 Å². The lowest BCUT2D eigenvalue weighted by atomic mass is 10.1. The second-order valence-electron chi connectivity index (χ2n) is 9.14. The van der Waals surface area contributed by atoms with E-state index in [9.17, 15) is 9.18 Å². The molecule has 2 aromatic rings. The van der Waals surface area contributed by atoms with Gasteiger partial charge in [0, 0.05) is 0 Å². The Bertz CT molecular complexity index is 786. The molecule has 0 heterocycles. The molecule has 0 fully saturated rings. The van der Waals surface area contributed by atoms with E-state index in [0.717, 1.165) is 49.2 Å². The molecule has 188 valence electrons. The monoisotopic (exact) mass is 470 g/mol. The van der Waals surface area contributed by atoms with Crippen molar-refractivity contribution in [3.05, 3.63) is 48.5 Å². The number of halogens is 1. The second-order valence-corrected chi connectivity index (χ2v) is 9.14. The van der Waals surface area contributed by atoms with E-state index >= 15 is 0 Å². The molecule has 0 aliphatic heterocycles. The summed E-state index contributed by atoms with van der Waals surface area (Å²) < 4.78 is 25.2. The molecule has 0 aromatic heterocycles. The number of hydrogen-bond acceptors (Lipinski definition) is 3. The lowest BCUT2D eigenvalue weighted by Gasteiger charge is -2.10. The zero-order chi connectivity index (χ0) is 24.4. The molecule has 1 atom stereocenters. The van der Waals surface area contributed by atoms with Gasteiger partial charge in [0.05, 0.1) is 13.0 Å². The van der Waals surface area contributed by atoms with Gasteiger partial charge in [0.1, 0.15) is 17.7 Å². The van der Waals surface area contributed by atoms with Gasteiger partial charge in [0.2, 0.25) is 0 Å². The molecular formula is C30H43FO3. The molecule has 2 aromatic carbocycles. The van der Waals surface area contributed by atoms with Crippen molar-refractivity contribution in [2.24, 2.45) is 0 Å². The van der Waals surface area contributed by atoms with Gasteiger partial charge in [0.15, 0.2) is 0 Å². The van der Waals surface area contributed by atoms with Crippen molar-refractivity contribution in [2.45, 2.75) is 103 Å². The molecule has 2 rings (SSSR count). The molecule has 3 nitrogen and oxygen atoms in total. The van der Waals surface area contributed by atoms with Gasteiger partial charge >= 0.3 is 5.97 Å². The van der Waals surface area contributed by atoms with Gasteiger partial charge in [0.25, 0.3) is 0 Å². The summed E-state index contributed by atoms with van der Waals surface area (Å²) >= 11 is 0. The Hall–Kier alpha value is -2.36. The average molecular weight is 471 g/mol. The largest absolute Gasteiger partial charge is 0.494 e. The molecule has 0 saturated heterocycles. The Labute approximate surface area is 206 Å². The highest BCUT2D eigenvalue weighted by Crippen LogP contribution is 2.25. The number of ether oxygens (including phenoxy) is 2. The average Bonchev–Trinajstić information content (AvgIpc) is 2.84. The van der Waals surface area contributed by atoms with E-state index in [0.29, 0.717) is 12.2 Å². The van der Waals surface area contributed by atoms with Gasteiger partial charge in [-0.1, -0.05) is 102 Å². The first-order valence-electron chi connectivity index (χ1n) is 13.3. The Morgan fingerprint density at radius 3 is 1.79 bits per heavy atom. The van der Waals surface area contributed by atoms with Crippen LogP contribution in [0.4, 0.5) is 4.39 Å². The molecule has 0 amide bonds. The van der Waals surface area contributed by atoms with Crippen molar-refractivity contribution in [2.75, 3.05) is 6.61 Å². The van der Waals surface area contributed by atoms with Gasteiger partial charge < -0.3 is 9.47 Å². The van der Waals surface area contributed by atoms with E-state index in [-0.39, 0.29) is 6.42 Å². The number of esters is 1. The maximum atomic E-state index is 14.0. The number of hydrogen-bond donors (Lipinski definition) is 0. The van der Waals surface area contributed by atoms with Crippen molar-refractivity contribution < 1.29 is 18.7 Å². The van der Waals surface area contributed by atoms with Crippen LogP contribution in [0.3, 0.4) is 0 Å². The first-order chi connectivity index (χ1) is 16.6. The Balaban J connectivity index is 1.70. The van der Waals surface area contributed by atoms with Crippen LogP contribution in [0.2, 0.25) is 0 Å². The summed E-state index contributed by atoms with van der Waals surface area (Å²) in [5.74, 6) is 0.817. The number of rotatable bonds is 18. The minimum absolute atomic E-state index is 0.185. The van der Waals surface area contributed by atoms with Crippen LogP contribution in [0.5, 0.6) is 11.5 Å². The third-order valence-electron chi connectivity index (χ3n) is 6.05. The van der Waals surface area contributed by atoms with Gasteiger partial charge in [-0.05, 0) is 48.2 Å². The molecule has 1 unspecified atom stereocenters. The fourth-order valence-corrected chi connectivity index (χ4v) is 3.96. The van der Waals surface area contributed by atoms with Gasteiger partial charge in [-0.15, -0.1) is 0 Å². The first-order valence-corrected chi connectivity index (χ1v) is 13.3. The lowest BCUT2D eigenvalue weighted by molar-refractivity contribution is -0.135. The summed E-state index contributed by atoms with van der Waals surface area (Å²) in [6.07, 6.45) is 12.0. The highest BCUT2D eigenvalue weighted by Gasteiger charge is 2.14. The van der Waals surface area contributed by atoms with E-state index in [1.807, 2.05) is 36.4 Å². The topological polar surface area (TPSA) is 35.5 Å². The van der Waals surface area contributed by atoms with Crippen LogP contribution in [-0.2, 0) is 4.79 Å². The smallest absolute Gasteiger partial charge is 0.314 e. The SMILES string of the molecule is CCCCCCCCOc1ccc(-c2ccc(OC(=O)CC(F)CCCCCCC)cc2)cc1. The molecule has 0 aliphatic carbocycles. The van der Waals surface area contributed by atoms with Crippen molar-refractivity contribution in [1.82, 2.24) is 0 Å². The second kappa shape index (κ2) is 17.1. The lowest BCUT2D eigenvalue weighted by Crippen LogP contribution is -2.14. The van der Waals surface area contributed by atoms with Gasteiger partial charge in [-0.2, -0.15) is 0 Å². The van der Waals surface area contributed by atoms with E-state index in [1.54, 1.807) is 12.1 Å². The van der Waals surface area contributed by atoms with Crippen LogP contribution in [0.1, 0.15) is 97.3 Å². The molecule has 0 N–H and O–H groups in total. The summed E-state index contributed by atoms with van der Waals surface area (Å²) in [4.78, 5) is 12.0. The van der Waals surface area contributed by atoms with Crippen LogP contribution in [0, 0.1) is 0 Å². The third kappa shape index (κ3) is 11.7. The van der Waals surface area contributed by atoms with E-state index in [2.05, 4.69) is 13.8 Å². The van der Waals surface area contributed by atoms with E-state index < -0.39 is 12.1 Å². The number of unbranched alkanes of at least 4 members (excludes halogenated alkanes) is 9. The Kier molecular flexibility index (Phi) is 14.0. The Morgan fingerprint density at radius 1 is 0.706 bits per heavy atom. The third-order valence-corrected chi connectivity index (χ3v) is 6.05. The molecule has 0 bridgehead atoms. The minimum atomic E-state index is -1.13. The molecule has 0 saturated carbocycles. The van der Waals surface area contributed by atoms with E-state index in [4.69, 9.17) is 9.47 Å². The maximum Gasteiger partial charge on any atom is 0.314 e. The number of carbonyl (C=O) groups is 1. The van der Waals surface area contributed by atoms with Crippen LogP contribution in [0.25, 0.3) is 11.1 Å². The summed E-state index contributed by atoms with van der Waals surface area (Å²) in [5, 5.41) is 0. The fraction of sp³-hybridized carbons (Fsp3) is 0.567. The highest BCUT2D eigenvalue weighted by atomic mass is 19.1. The molecule has 0 spiro atoms. The number of alkyl halides is 1. The summed E-state index contributed by atoms with van der Waals surface area (Å²) in [6, 6.07) is 15.4. The van der Waals surface area contributed by atoms with Crippen molar-refractivity contribution in [3.63, 3.8) is 0 Å². The predicted molar refractivity (Wildman–Crippen MR) is 139 cm³/mol. The zero-order valence-electron chi connectivity index (χ0n) is 21.2. The fourth-order valence-electron chi connectivity index (χ4n) is 3.96. The molecule has 4 heteroatoms. The zero-order valence-corrected chi connectivity index (χ0v) is 21.2. The van der Waals surface area contributed by atoms with Gasteiger partial charge in [-0.3, -0.25) is 4.79 Å². The maximum absolute atomic E-state index is 14.0. The number of carbonyl (C=O) groups excluding carboxylic acids is 1. The van der Waals surface area contributed by atoms with Crippen LogP contribution >= 0.6 is 0 Å². The van der Waals surface area contributed by atoms with Crippen LogP contribution in [-0.4, -0.2) is 18.7 Å². The van der Waals surface area contributed by atoms with Crippen molar-refractivity contribution in [1.29, 1.82) is 0 Å². The summed E-state index contributed by atoms with van der Waals surface area (Å²) in [6.45, 7) is 5.14. The summed E-state index contributed by atoms with van der Waals surface area (Å²) in [7, 11) is 0. The molecule has 0 aliphatic rings. The predicted octanol–water partition coefficient (Wildman–Crippen LogP) is 9.09. The van der Waals surface area contributed by atoms with E-state index in [1.165, 1.54) is 44.9 Å². The summed E-state index contributed by atoms with van der Waals surface area (Å²) in [5.41, 5.74) is 2.09. The standard InChI is InChI=1S/C30H43FO3/c1-3-5-7-9-11-13-23-33-28-19-15-25(16-20-28)26-17-21-29(22-18-26)34-30(32)24-27(31)14-12-10-8-6-4-2/h15-22,27H,3-14,23-24H2,1-2H3. The minimum Gasteiger partial charge on any atom is -0.494 e. The number of benzene rings is 2. The Morgan fingerprint density at radius 2 is 1.21 bits per heavy atom. The molecular weight excluding hydrogens is 427 g/mol. The van der Waals surface area contributed by atoms with Crippen molar-refractivity contribution in [3.8, 4) is 22.6 Å². The molecule has 34 heavy (non-hydrogen) atoms. The highest BCUT2D eigenvalue weighted by molar-refractivity contribution is 5.73. The molecule has 0 radical (unpaired) electrons. The van der Waals surface area contributed by atoms with Crippen LogP contribution < -0.4 is 9.47 Å².